The first kappa shape index (κ1) is 8.87. The van der Waals surface area contributed by atoms with Crippen LogP contribution in [0.15, 0.2) is 5.34 Å². The number of aliphatic carboxylic acids is 1. The van der Waals surface area contributed by atoms with Crippen LogP contribution in [0.3, 0.4) is 0 Å². The molecule has 0 radical (unpaired) electrons. The van der Waals surface area contributed by atoms with Crippen LogP contribution in [0.5, 0.6) is 0 Å². The highest BCUT2D eigenvalue weighted by atomic mass is 16.7. The van der Waals surface area contributed by atoms with Gasteiger partial charge >= 0.3 is 5.97 Å². The normalized spacial score (nSPS) is 10.6. The van der Waals surface area contributed by atoms with E-state index in [1.807, 2.05) is 0 Å². The van der Waals surface area contributed by atoms with Gasteiger partial charge in [0.2, 0.25) is 0 Å². The Bertz CT molecular complexity index is 143. The molecule has 58 valence electrons. The highest BCUT2D eigenvalue weighted by molar-refractivity contribution is 5.73. The molecule has 0 aromatic rings. The van der Waals surface area contributed by atoms with Crippen LogP contribution in [0.4, 0.5) is 0 Å². The lowest BCUT2D eigenvalue weighted by atomic mass is 9.96. The molecule has 0 aliphatic heterocycles. The second-order valence-corrected chi connectivity index (χ2v) is 2.54. The van der Waals surface area contributed by atoms with Crippen molar-refractivity contribution >= 4 is 5.97 Å². The molecule has 0 amide bonds. The lowest BCUT2D eigenvalue weighted by molar-refractivity contribution is -0.150. The molecule has 0 aliphatic rings. The molecule has 0 heterocycles. The predicted octanol–water partition coefficient (Wildman–Crippen LogP) is 0.795. The van der Waals surface area contributed by atoms with Crippen molar-refractivity contribution < 1.29 is 14.7 Å². The molecule has 0 unspecified atom stereocenters. The molecular weight excluding hydrogens is 138 g/mol. The van der Waals surface area contributed by atoms with Gasteiger partial charge in [-0.05, 0) is 13.8 Å². The van der Waals surface area contributed by atoms with Crippen molar-refractivity contribution in [1.82, 2.24) is 0 Å². The van der Waals surface area contributed by atoms with E-state index in [0.717, 1.165) is 0 Å². The monoisotopic (exact) mass is 147 g/mol. The number of carbonyl (C=O) groups is 1. The fraction of sp³-hybridized carbons (Fsp3) is 0.800. The minimum atomic E-state index is -1.05. The fourth-order valence-electron chi connectivity index (χ4n) is 0.249. The van der Waals surface area contributed by atoms with E-state index in [1.54, 1.807) is 0 Å². The van der Waals surface area contributed by atoms with Gasteiger partial charge in [-0.3, -0.25) is 4.79 Å². The number of rotatable bonds is 4. The van der Waals surface area contributed by atoms with Crippen LogP contribution in [0.25, 0.3) is 0 Å². The highest BCUT2D eigenvalue weighted by Gasteiger charge is 2.28. The molecule has 0 rings (SSSR count). The van der Waals surface area contributed by atoms with Gasteiger partial charge in [-0.2, -0.15) is 0 Å². The molecule has 0 saturated carbocycles. The van der Waals surface area contributed by atoms with Gasteiger partial charge in [-0.25, -0.2) is 0 Å². The maximum absolute atomic E-state index is 10.3. The lowest BCUT2D eigenvalue weighted by Crippen LogP contribution is -2.28. The van der Waals surface area contributed by atoms with Crippen LogP contribution >= 0.6 is 0 Å². The topological polar surface area (TPSA) is 76.0 Å². The van der Waals surface area contributed by atoms with Crippen molar-refractivity contribution in [2.45, 2.75) is 13.8 Å². The zero-order valence-corrected chi connectivity index (χ0v) is 5.83. The molecule has 0 bridgehead atoms. The predicted molar refractivity (Wildman–Crippen MR) is 33.2 cm³/mol. The van der Waals surface area contributed by atoms with E-state index in [4.69, 9.17) is 5.11 Å². The number of nitrogens with zero attached hydrogens (tertiary/aromatic N) is 1. The number of hydrogen-bond donors (Lipinski definition) is 1. The van der Waals surface area contributed by atoms with Crippen LogP contribution < -0.4 is 0 Å². The summed E-state index contributed by atoms with van der Waals surface area (Å²) in [4.78, 5) is 23.8. The third-order valence-electron chi connectivity index (χ3n) is 1.06. The Hall–Kier alpha value is -1.13. The van der Waals surface area contributed by atoms with Crippen LogP contribution in [0, 0.1) is 10.3 Å². The first-order valence-corrected chi connectivity index (χ1v) is 2.69. The van der Waals surface area contributed by atoms with E-state index in [0.29, 0.717) is 0 Å². The lowest BCUT2D eigenvalue weighted by Gasteiger charge is -2.14. The Morgan fingerprint density at radius 3 is 2.50 bits per heavy atom. The first-order chi connectivity index (χ1) is 4.50. The van der Waals surface area contributed by atoms with Crippen LogP contribution in [-0.2, 0) is 9.63 Å². The van der Waals surface area contributed by atoms with Crippen molar-refractivity contribution in [3.8, 4) is 0 Å². The van der Waals surface area contributed by atoms with Crippen molar-refractivity contribution in [2.75, 3.05) is 6.61 Å². The Morgan fingerprint density at radius 1 is 1.70 bits per heavy atom. The van der Waals surface area contributed by atoms with Gasteiger partial charge < -0.3 is 9.94 Å². The summed E-state index contributed by atoms with van der Waals surface area (Å²) >= 11 is 0. The van der Waals surface area contributed by atoms with E-state index < -0.39 is 11.4 Å². The van der Waals surface area contributed by atoms with Crippen LogP contribution in [-0.4, -0.2) is 17.7 Å². The highest BCUT2D eigenvalue weighted by Crippen LogP contribution is 2.14. The minimum Gasteiger partial charge on any atom is -0.481 e. The van der Waals surface area contributed by atoms with E-state index in [-0.39, 0.29) is 6.61 Å². The zero-order valence-electron chi connectivity index (χ0n) is 5.83. The van der Waals surface area contributed by atoms with Crippen molar-refractivity contribution in [3.05, 3.63) is 4.91 Å². The van der Waals surface area contributed by atoms with Gasteiger partial charge in [0.25, 0.3) is 0 Å². The van der Waals surface area contributed by atoms with Crippen LogP contribution in [0.2, 0.25) is 0 Å². The Labute approximate surface area is 57.9 Å². The SMILES string of the molecule is CC(C)(CON=O)C(=O)O. The van der Waals surface area contributed by atoms with E-state index in [9.17, 15) is 9.70 Å². The minimum absolute atomic E-state index is 0.203. The number of carboxylic acids is 1. The molecule has 0 spiro atoms. The third kappa shape index (κ3) is 2.43. The maximum Gasteiger partial charge on any atom is 0.312 e. The Morgan fingerprint density at radius 2 is 2.20 bits per heavy atom. The third-order valence-corrected chi connectivity index (χ3v) is 1.06. The average Bonchev–Trinajstić information content (AvgIpc) is 1.84. The van der Waals surface area contributed by atoms with E-state index in [1.165, 1.54) is 13.8 Å². The summed E-state index contributed by atoms with van der Waals surface area (Å²) in [5.74, 6) is -1.02. The number of hydrogen-bond acceptors (Lipinski definition) is 4. The van der Waals surface area contributed by atoms with Gasteiger partial charge in [0, 0.05) is 0 Å². The molecule has 5 nitrogen and oxygen atoms in total. The summed E-state index contributed by atoms with van der Waals surface area (Å²) in [7, 11) is 0. The molecule has 10 heavy (non-hydrogen) atoms. The fourth-order valence-corrected chi connectivity index (χ4v) is 0.249. The molecule has 0 aromatic carbocycles. The van der Waals surface area contributed by atoms with Gasteiger partial charge in [-0.15, -0.1) is 4.91 Å². The molecular formula is C5H9NO4. The summed E-state index contributed by atoms with van der Waals surface area (Å²) < 4.78 is 0. The molecule has 1 N–H and O–H groups in total. The number of carboxylic acid groups (broad SMARTS) is 1. The van der Waals surface area contributed by atoms with E-state index in [2.05, 4.69) is 10.2 Å². The molecule has 0 saturated heterocycles. The smallest absolute Gasteiger partial charge is 0.312 e. The van der Waals surface area contributed by atoms with Gasteiger partial charge in [-0.1, -0.05) is 0 Å². The molecule has 0 atom stereocenters. The largest absolute Gasteiger partial charge is 0.481 e. The van der Waals surface area contributed by atoms with Crippen molar-refractivity contribution in [3.63, 3.8) is 0 Å². The summed E-state index contributed by atoms with van der Waals surface area (Å²) in [6.07, 6.45) is 0. The molecule has 5 heteroatoms. The quantitative estimate of drug-likeness (QED) is 0.471. The van der Waals surface area contributed by atoms with Crippen LogP contribution in [0.1, 0.15) is 13.8 Å². The summed E-state index contributed by atoms with van der Waals surface area (Å²) in [6.45, 7) is 2.69. The molecule has 0 aromatic heterocycles. The maximum atomic E-state index is 10.3. The van der Waals surface area contributed by atoms with Crippen molar-refractivity contribution in [1.29, 1.82) is 0 Å². The Balaban J connectivity index is 3.86. The average molecular weight is 147 g/mol. The summed E-state index contributed by atoms with van der Waals surface area (Å²) in [5.41, 5.74) is -1.05. The zero-order chi connectivity index (χ0) is 8.20. The second kappa shape index (κ2) is 3.14. The van der Waals surface area contributed by atoms with E-state index >= 15 is 0 Å². The van der Waals surface area contributed by atoms with Crippen molar-refractivity contribution in [2.24, 2.45) is 10.8 Å². The Kier molecular flexibility index (Phi) is 2.79. The first-order valence-electron chi connectivity index (χ1n) is 2.69. The van der Waals surface area contributed by atoms with Gasteiger partial charge in [0.15, 0.2) is 5.34 Å². The molecule has 0 fully saturated rings. The standard InChI is InChI=1S/C5H9NO4/c1-5(2,4(7)8)3-10-6-9/h3H2,1-2H3,(H,7,8). The second-order valence-electron chi connectivity index (χ2n) is 2.54. The van der Waals surface area contributed by atoms with Gasteiger partial charge in [0.05, 0.1) is 5.41 Å². The summed E-state index contributed by atoms with van der Waals surface area (Å²) in [6, 6.07) is 0. The summed E-state index contributed by atoms with van der Waals surface area (Å²) in [5, 5.41) is 10.5. The van der Waals surface area contributed by atoms with Gasteiger partial charge in [0.1, 0.15) is 6.61 Å². The molecule has 0 aliphatic carbocycles.